The second kappa shape index (κ2) is 4.88. The minimum absolute atomic E-state index is 0.0839. The predicted octanol–water partition coefficient (Wildman–Crippen LogP) is 3.58. The number of carbonyl (C=O) groups is 1. The number of likely N-dealkylation sites (N-methyl/N-ethyl adjacent to an activating group) is 1. The van der Waals surface area contributed by atoms with Crippen LogP contribution in [-0.2, 0) is 10.2 Å². The van der Waals surface area contributed by atoms with E-state index in [9.17, 15) is 9.18 Å². The van der Waals surface area contributed by atoms with Gasteiger partial charge in [-0.15, -0.1) is 0 Å². The van der Waals surface area contributed by atoms with Crippen LogP contribution in [0.15, 0.2) is 41.3 Å². The van der Waals surface area contributed by atoms with E-state index in [1.165, 1.54) is 6.07 Å². The van der Waals surface area contributed by atoms with Gasteiger partial charge in [-0.1, -0.05) is 0 Å². The van der Waals surface area contributed by atoms with Gasteiger partial charge in [-0.3, -0.25) is 14.5 Å². The molecule has 0 radical (unpaired) electrons. The van der Waals surface area contributed by atoms with Gasteiger partial charge in [0.05, 0.1) is 33.3 Å². The summed E-state index contributed by atoms with van der Waals surface area (Å²) in [7, 11) is 1.78. The number of pyridine rings is 1. The minimum atomic E-state index is -0.570. The van der Waals surface area contributed by atoms with E-state index in [0.29, 0.717) is 22.8 Å². The van der Waals surface area contributed by atoms with Crippen LogP contribution in [0.3, 0.4) is 0 Å². The van der Waals surface area contributed by atoms with Crippen LogP contribution in [0.2, 0.25) is 0 Å². The van der Waals surface area contributed by atoms with E-state index < -0.39 is 5.41 Å². The molecule has 5 nitrogen and oxygen atoms in total. The molecule has 5 rings (SSSR count). The van der Waals surface area contributed by atoms with E-state index in [1.54, 1.807) is 30.4 Å². The van der Waals surface area contributed by atoms with Gasteiger partial charge >= 0.3 is 0 Å². The van der Waals surface area contributed by atoms with E-state index in [2.05, 4.69) is 26.0 Å². The molecule has 126 valence electrons. The van der Waals surface area contributed by atoms with Gasteiger partial charge in [0.25, 0.3) is 0 Å². The predicted molar refractivity (Wildman–Crippen MR) is 95.0 cm³/mol. The second-order valence-electron chi connectivity index (χ2n) is 6.80. The number of amides is 1. The normalized spacial score (nSPS) is 24.8. The fourth-order valence-electron chi connectivity index (χ4n) is 4.28. The monoisotopic (exact) mass is 400 g/mol. The average Bonchev–Trinajstić information content (AvgIpc) is 3.15. The van der Waals surface area contributed by atoms with E-state index >= 15 is 0 Å². The van der Waals surface area contributed by atoms with E-state index in [1.807, 2.05) is 16.9 Å². The first-order valence-corrected chi connectivity index (χ1v) is 8.86. The number of carbonyl (C=O) groups excluding carboxylic acids is 1. The molecule has 1 saturated carbocycles. The summed E-state index contributed by atoms with van der Waals surface area (Å²) in [5.41, 5.74) is 1.78. The van der Waals surface area contributed by atoms with Crippen LogP contribution in [0.5, 0.6) is 0 Å². The van der Waals surface area contributed by atoms with Crippen LogP contribution >= 0.6 is 15.9 Å². The molecule has 3 heterocycles. The summed E-state index contributed by atoms with van der Waals surface area (Å²) in [6.07, 6.45) is 6.75. The lowest BCUT2D eigenvalue weighted by atomic mass is 9.61. The molecule has 3 aromatic rings. The molecule has 1 spiro atoms. The Labute approximate surface area is 151 Å². The van der Waals surface area contributed by atoms with Crippen molar-refractivity contribution in [3.05, 3.63) is 52.6 Å². The van der Waals surface area contributed by atoms with Gasteiger partial charge in [0, 0.05) is 36.5 Å². The second-order valence-corrected chi connectivity index (χ2v) is 7.65. The highest BCUT2D eigenvalue weighted by Crippen LogP contribution is 2.58. The summed E-state index contributed by atoms with van der Waals surface area (Å²) in [6.45, 7) is 0. The Morgan fingerprint density at radius 3 is 2.88 bits per heavy atom. The van der Waals surface area contributed by atoms with Crippen LogP contribution < -0.4 is 4.90 Å². The molecule has 7 heteroatoms. The maximum absolute atomic E-state index is 13.9. The number of hydrogen-bond acceptors (Lipinski definition) is 3. The molecule has 0 bridgehead atoms. The lowest BCUT2D eigenvalue weighted by Crippen LogP contribution is -2.49. The van der Waals surface area contributed by atoms with Crippen LogP contribution in [0.25, 0.3) is 10.9 Å². The van der Waals surface area contributed by atoms with Crippen molar-refractivity contribution in [1.82, 2.24) is 14.8 Å². The number of nitrogens with zero attached hydrogens (tertiary/aromatic N) is 4. The number of fused-ring (bicyclic) bond motifs is 4. The zero-order valence-electron chi connectivity index (χ0n) is 13.4. The Morgan fingerprint density at radius 1 is 1.36 bits per heavy atom. The van der Waals surface area contributed by atoms with Crippen molar-refractivity contribution in [2.75, 3.05) is 11.9 Å². The summed E-state index contributed by atoms with van der Waals surface area (Å²) in [5, 5.41) is 5.14. The highest BCUT2D eigenvalue weighted by Gasteiger charge is 2.59. The summed E-state index contributed by atoms with van der Waals surface area (Å²) < 4.78 is 16.2. The van der Waals surface area contributed by atoms with Gasteiger partial charge in [-0.05, 0) is 40.9 Å². The van der Waals surface area contributed by atoms with E-state index in [-0.39, 0.29) is 17.8 Å². The van der Waals surface area contributed by atoms with Gasteiger partial charge in [0.15, 0.2) is 0 Å². The zero-order valence-corrected chi connectivity index (χ0v) is 15.0. The topological polar surface area (TPSA) is 51.0 Å². The van der Waals surface area contributed by atoms with Crippen molar-refractivity contribution in [3.8, 4) is 0 Å². The first-order chi connectivity index (χ1) is 12.0. The Bertz CT molecular complexity index is 1030. The average molecular weight is 401 g/mol. The molecule has 0 unspecified atom stereocenters. The molecular weight excluding hydrogens is 387 g/mol. The Morgan fingerprint density at radius 2 is 2.16 bits per heavy atom. The van der Waals surface area contributed by atoms with Crippen LogP contribution in [0.4, 0.5) is 10.1 Å². The highest BCUT2D eigenvalue weighted by molar-refractivity contribution is 9.10. The molecule has 25 heavy (non-hydrogen) atoms. The van der Waals surface area contributed by atoms with Crippen molar-refractivity contribution in [1.29, 1.82) is 0 Å². The highest BCUT2D eigenvalue weighted by atomic mass is 79.9. The minimum Gasteiger partial charge on any atom is -0.313 e. The lowest BCUT2D eigenvalue weighted by molar-refractivity contribution is -0.127. The van der Waals surface area contributed by atoms with Gasteiger partial charge in [-0.25, -0.2) is 4.39 Å². The molecular formula is C18H14BrFN4O. The molecule has 0 atom stereocenters. The van der Waals surface area contributed by atoms with Crippen LogP contribution in [0, 0.1) is 5.82 Å². The van der Waals surface area contributed by atoms with E-state index in [0.717, 1.165) is 16.6 Å². The van der Waals surface area contributed by atoms with Crippen LogP contribution in [-0.4, -0.2) is 27.7 Å². The van der Waals surface area contributed by atoms with Gasteiger partial charge in [0.1, 0.15) is 5.82 Å². The Hall–Kier alpha value is -2.28. The molecule has 0 N–H and O–H groups in total. The number of halogens is 2. The molecule has 1 fully saturated rings. The molecule has 2 aromatic heterocycles. The first kappa shape index (κ1) is 15.0. The standard InChI is InChI=1S/C18H14BrFN4O/c1-23-15-9-21-14-6-13(20)12(19)5-11(14)16(15)18(17(23)25)7-10(8-18)24-4-2-3-22-24/h2-6,9-10H,7-8H2,1H3. The number of benzene rings is 1. The third-order valence-electron chi connectivity index (χ3n) is 5.51. The maximum atomic E-state index is 13.9. The molecule has 2 aliphatic rings. The van der Waals surface area contributed by atoms with Gasteiger partial charge in [0.2, 0.25) is 5.91 Å². The van der Waals surface area contributed by atoms with Crippen molar-refractivity contribution in [3.63, 3.8) is 0 Å². The smallest absolute Gasteiger partial charge is 0.237 e. The van der Waals surface area contributed by atoms with Crippen molar-refractivity contribution in [2.45, 2.75) is 24.3 Å². The summed E-state index contributed by atoms with van der Waals surface area (Å²) >= 11 is 3.26. The quantitative estimate of drug-likeness (QED) is 0.627. The number of aromatic nitrogens is 3. The fraction of sp³-hybridized carbons (Fsp3) is 0.278. The number of anilines is 1. The summed E-state index contributed by atoms with van der Waals surface area (Å²) in [6, 6.07) is 5.25. The largest absolute Gasteiger partial charge is 0.313 e. The Kier molecular flexibility index (Phi) is 2.93. The number of rotatable bonds is 1. The summed E-state index contributed by atoms with van der Waals surface area (Å²) in [5.74, 6) is -0.268. The molecule has 1 aliphatic heterocycles. The fourth-order valence-corrected chi connectivity index (χ4v) is 4.62. The molecule has 1 amide bonds. The number of hydrogen-bond donors (Lipinski definition) is 0. The Balaban J connectivity index is 1.70. The van der Waals surface area contributed by atoms with Gasteiger partial charge in [-0.2, -0.15) is 5.10 Å². The maximum Gasteiger partial charge on any atom is 0.237 e. The third-order valence-corrected chi connectivity index (χ3v) is 6.12. The van der Waals surface area contributed by atoms with Crippen molar-refractivity contribution < 1.29 is 9.18 Å². The van der Waals surface area contributed by atoms with Crippen LogP contribution in [0.1, 0.15) is 24.4 Å². The van der Waals surface area contributed by atoms with Crippen molar-refractivity contribution >= 4 is 38.4 Å². The molecule has 1 aromatic carbocycles. The molecule has 0 saturated heterocycles. The third kappa shape index (κ3) is 1.84. The first-order valence-electron chi connectivity index (χ1n) is 8.07. The zero-order chi connectivity index (χ0) is 17.3. The lowest BCUT2D eigenvalue weighted by Gasteiger charge is -2.44. The van der Waals surface area contributed by atoms with E-state index in [4.69, 9.17) is 0 Å². The molecule has 1 aliphatic carbocycles. The van der Waals surface area contributed by atoms with Gasteiger partial charge < -0.3 is 4.90 Å². The van der Waals surface area contributed by atoms with Crippen molar-refractivity contribution in [2.24, 2.45) is 0 Å². The SMILES string of the molecule is CN1C(=O)C2(CC(n3cccn3)C2)c2c1cnc1cc(F)c(Br)cc21. The summed E-state index contributed by atoms with van der Waals surface area (Å²) in [4.78, 5) is 19.1.